The number of halogens is 1. The average molecular weight is 476 g/mol. The number of carbonyl (C=O) groups is 2. The van der Waals surface area contributed by atoms with Crippen LogP contribution in [0, 0.1) is 5.82 Å². The van der Waals surface area contributed by atoms with Gasteiger partial charge in [0.05, 0.1) is 24.4 Å². The molecule has 2 aliphatic rings. The molecular formula is C26H26FN5O3. The second-order valence-corrected chi connectivity index (χ2v) is 8.60. The number of ether oxygens (including phenoxy) is 1. The third kappa shape index (κ3) is 4.25. The van der Waals surface area contributed by atoms with E-state index < -0.39 is 12.0 Å². The lowest BCUT2D eigenvalue weighted by Crippen LogP contribution is -2.50. The van der Waals surface area contributed by atoms with Crippen LogP contribution in [0.2, 0.25) is 0 Å². The van der Waals surface area contributed by atoms with Crippen LogP contribution in [0.5, 0.6) is 0 Å². The highest BCUT2D eigenvalue weighted by atomic mass is 19.1. The number of esters is 1. The lowest BCUT2D eigenvalue weighted by Gasteiger charge is -2.38. The molecule has 1 atom stereocenters. The van der Waals surface area contributed by atoms with E-state index in [9.17, 15) is 14.0 Å². The van der Waals surface area contributed by atoms with Gasteiger partial charge in [-0.2, -0.15) is 5.10 Å². The summed E-state index contributed by atoms with van der Waals surface area (Å²) < 4.78 is 19.9. The molecule has 9 heteroatoms. The Labute approximate surface area is 202 Å². The van der Waals surface area contributed by atoms with Crippen LogP contribution in [-0.4, -0.2) is 59.8 Å². The Bertz CT molecular complexity index is 1280. The van der Waals surface area contributed by atoms with E-state index in [2.05, 4.69) is 15.3 Å². The summed E-state index contributed by atoms with van der Waals surface area (Å²) in [7, 11) is 1.35. The number of methoxy groups -OCH3 is 1. The summed E-state index contributed by atoms with van der Waals surface area (Å²) in [5.74, 6) is 0.0567. The highest BCUT2D eigenvalue weighted by Crippen LogP contribution is 2.36. The third-order valence-electron chi connectivity index (χ3n) is 6.54. The zero-order valence-electron chi connectivity index (χ0n) is 19.6. The van der Waals surface area contributed by atoms with Crippen LogP contribution in [0.4, 0.5) is 15.9 Å². The number of hydrogen-bond acceptors (Lipinski definition) is 6. The van der Waals surface area contributed by atoms with Crippen molar-refractivity contribution in [1.29, 1.82) is 0 Å². The van der Waals surface area contributed by atoms with Gasteiger partial charge in [-0.05, 0) is 48.9 Å². The monoisotopic (exact) mass is 475 g/mol. The Balaban J connectivity index is 1.40. The summed E-state index contributed by atoms with van der Waals surface area (Å²) in [6.45, 7) is 4.31. The average Bonchev–Trinajstić information content (AvgIpc) is 3.36. The van der Waals surface area contributed by atoms with E-state index in [0.717, 1.165) is 22.8 Å². The lowest BCUT2D eigenvalue weighted by molar-refractivity contribution is -0.128. The zero-order chi connectivity index (χ0) is 24.5. The van der Waals surface area contributed by atoms with Crippen molar-refractivity contribution in [1.82, 2.24) is 14.7 Å². The van der Waals surface area contributed by atoms with E-state index in [1.807, 2.05) is 30.0 Å². The lowest BCUT2D eigenvalue weighted by atomic mass is 9.93. The third-order valence-corrected chi connectivity index (χ3v) is 6.54. The van der Waals surface area contributed by atoms with Crippen LogP contribution >= 0.6 is 0 Å². The van der Waals surface area contributed by atoms with Crippen LogP contribution in [0.15, 0.2) is 72.1 Å². The number of amides is 1. The van der Waals surface area contributed by atoms with Gasteiger partial charge in [0.2, 0.25) is 0 Å². The fraction of sp³-hybridized carbons (Fsp3) is 0.269. The van der Waals surface area contributed by atoms with Gasteiger partial charge in [-0.15, -0.1) is 0 Å². The molecule has 0 bridgehead atoms. The number of fused-ring (bicyclic) bond motifs is 1. The minimum Gasteiger partial charge on any atom is -0.465 e. The minimum absolute atomic E-state index is 0.0584. The van der Waals surface area contributed by atoms with Gasteiger partial charge in [0.25, 0.3) is 5.91 Å². The molecule has 0 saturated carbocycles. The second-order valence-electron chi connectivity index (χ2n) is 8.60. The van der Waals surface area contributed by atoms with Gasteiger partial charge in [-0.3, -0.25) is 4.79 Å². The number of benzene rings is 2. The minimum atomic E-state index is -0.435. The zero-order valence-corrected chi connectivity index (χ0v) is 19.6. The van der Waals surface area contributed by atoms with Crippen molar-refractivity contribution in [3.05, 3.63) is 89.0 Å². The number of carbonyl (C=O) groups excluding carboxylic acids is 2. The highest BCUT2D eigenvalue weighted by molar-refractivity contribution is 5.97. The molecule has 0 aliphatic carbocycles. The van der Waals surface area contributed by atoms with E-state index in [-0.39, 0.29) is 11.7 Å². The van der Waals surface area contributed by atoms with Crippen LogP contribution < -0.4 is 10.2 Å². The van der Waals surface area contributed by atoms with Crippen LogP contribution in [-0.2, 0) is 9.53 Å². The summed E-state index contributed by atoms with van der Waals surface area (Å²) in [4.78, 5) is 29.7. The maximum absolute atomic E-state index is 13.8. The molecule has 1 N–H and O–H groups in total. The number of allylic oxidation sites excluding steroid dienone is 1. The van der Waals surface area contributed by atoms with Gasteiger partial charge in [0.1, 0.15) is 17.7 Å². The Morgan fingerprint density at radius 1 is 1.00 bits per heavy atom. The Hall–Kier alpha value is -4.14. The molecule has 0 radical (unpaired) electrons. The van der Waals surface area contributed by atoms with Crippen molar-refractivity contribution in [3.8, 4) is 0 Å². The highest BCUT2D eigenvalue weighted by Gasteiger charge is 2.35. The number of nitrogens with one attached hydrogen (secondary N) is 1. The van der Waals surface area contributed by atoms with Crippen molar-refractivity contribution < 1.29 is 18.7 Å². The van der Waals surface area contributed by atoms with Crippen molar-refractivity contribution in [2.75, 3.05) is 43.5 Å². The number of anilines is 2. The van der Waals surface area contributed by atoms with Gasteiger partial charge in [0.15, 0.2) is 0 Å². The molecular weight excluding hydrogens is 449 g/mol. The molecule has 35 heavy (non-hydrogen) atoms. The quantitative estimate of drug-likeness (QED) is 0.583. The number of nitrogens with zero attached hydrogens (tertiary/aromatic N) is 4. The number of piperazine rings is 1. The van der Waals surface area contributed by atoms with Gasteiger partial charge >= 0.3 is 5.97 Å². The first-order valence-electron chi connectivity index (χ1n) is 11.5. The fourth-order valence-corrected chi connectivity index (χ4v) is 4.70. The van der Waals surface area contributed by atoms with E-state index >= 15 is 0 Å². The molecule has 1 aromatic heterocycles. The molecule has 8 nitrogen and oxygen atoms in total. The van der Waals surface area contributed by atoms with Gasteiger partial charge < -0.3 is 19.9 Å². The standard InChI is InChI=1S/C26H26FN5O3/c1-17-23(25(33)31-15-13-30(14-16-31)21-9-7-20(27)8-10-21)24(32-22(29-17)11-12-28-32)18-3-5-19(6-4-18)26(34)35-2/h3-12,24,29H,13-16H2,1-2H3. The van der Waals surface area contributed by atoms with Crippen molar-refractivity contribution in [2.45, 2.75) is 13.0 Å². The van der Waals surface area contributed by atoms with Crippen LogP contribution in [0.3, 0.4) is 0 Å². The Kier molecular flexibility index (Phi) is 5.98. The molecule has 180 valence electrons. The van der Waals surface area contributed by atoms with E-state index in [4.69, 9.17) is 4.74 Å². The summed E-state index contributed by atoms with van der Waals surface area (Å²) in [5.41, 5.74) is 3.61. The van der Waals surface area contributed by atoms with Crippen molar-refractivity contribution >= 4 is 23.4 Å². The summed E-state index contributed by atoms with van der Waals surface area (Å²) in [6.07, 6.45) is 1.69. The fourth-order valence-electron chi connectivity index (χ4n) is 4.70. The molecule has 3 heterocycles. The largest absolute Gasteiger partial charge is 0.465 e. The van der Waals surface area contributed by atoms with Gasteiger partial charge in [0, 0.05) is 43.6 Å². The van der Waals surface area contributed by atoms with E-state index in [1.165, 1.54) is 19.2 Å². The topological polar surface area (TPSA) is 79.7 Å². The predicted octanol–water partition coefficient (Wildman–Crippen LogP) is 3.45. The van der Waals surface area contributed by atoms with Gasteiger partial charge in [-0.1, -0.05) is 12.1 Å². The molecule has 5 rings (SSSR count). The smallest absolute Gasteiger partial charge is 0.337 e. The molecule has 0 spiro atoms. The summed E-state index contributed by atoms with van der Waals surface area (Å²) >= 11 is 0. The first-order valence-corrected chi connectivity index (χ1v) is 11.5. The molecule has 1 amide bonds. The first kappa shape index (κ1) is 22.6. The molecule has 2 aliphatic heterocycles. The second kappa shape index (κ2) is 9.25. The van der Waals surface area contributed by atoms with Crippen LogP contribution in [0.1, 0.15) is 28.9 Å². The summed E-state index contributed by atoms with van der Waals surface area (Å²) in [5, 5.41) is 7.78. The number of rotatable bonds is 4. The van der Waals surface area contributed by atoms with E-state index in [1.54, 1.807) is 35.1 Å². The first-order chi connectivity index (χ1) is 17.0. The Morgan fingerprint density at radius 2 is 1.69 bits per heavy atom. The van der Waals surface area contributed by atoms with Crippen molar-refractivity contribution in [2.24, 2.45) is 0 Å². The maximum Gasteiger partial charge on any atom is 0.337 e. The molecule has 1 saturated heterocycles. The number of aromatic nitrogens is 2. The van der Waals surface area contributed by atoms with Crippen LogP contribution in [0.25, 0.3) is 0 Å². The predicted molar refractivity (Wildman–Crippen MR) is 130 cm³/mol. The van der Waals surface area contributed by atoms with Gasteiger partial charge in [-0.25, -0.2) is 13.9 Å². The SMILES string of the molecule is COC(=O)c1ccc(C2C(C(=O)N3CCN(c4ccc(F)cc4)CC3)=C(C)Nc3ccnn32)cc1. The molecule has 1 fully saturated rings. The number of hydrogen-bond donors (Lipinski definition) is 1. The van der Waals surface area contributed by atoms with Crippen molar-refractivity contribution in [3.63, 3.8) is 0 Å². The summed E-state index contributed by atoms with van der Waals surface area (Å²) in [6, 6.07) is 14.9. The molecule has 1 unspecified atom stereocenters. The maximum atomic E-state index is 13.8. The van der Waals surface area contributed by atoms with E-state index in [0.29, 0.717) is 37.3 Å². The molecule has 3 aromatic rings. The Morgan fingerprint density at radius 3 is 2.34 bits per heavy atom. The normalized spacial score (nSPS) is 17.6. The molecule has 2 aromatic carbocycles.